The number of benzene rings is 1. The van der Waals surface area contributed by atoms with Gasteiger partial charge in [0.15, 0.2) is 0 Å². The van der Waals surface area contributed by atoms with Gasteiger partial charge in [-0.05, 0) is 24.3 Å². The van der Waals surface area contributed by atoms with E-state index in [1.807, 2.05) is 0 Å². The highest BCUT2D eigenvalue weighted by Gasteiger charge is 2.31. The average molecular weight is 372 g/mol. The van der Waals surface area contributed by atoms with Crippen LogP contribution in [-0.4, -0.2) is 48.3 Å². The molecule has 0 aromatic heterocycles. The Morgan fingerprint density at radius 2 is 1.92 bits per heavy atom. The van der Waals surface area contributed by atoms with Crippen LogP contribution in [0.5, 0.6) is 5.75 Å². The first-order valence-electron chi connectivity index (χ1n) is 7.40. The number of carbonyl (C=O) groups excluding carboxylic acids is 3. The monoisotopic (exact) mass is 372 g/mol. The predicted molar refractivity (Wildman–Crippen MR) is 84.2 cm³/mol. The highest BCUT2D eigenvalue weighted by atomic mass is 19.4. The Labute approximate surface area is 146 Å². The quantitative estimate of drug-likeness (QED) is 0.812. The van der Waals surface area contributed by atoms with Gasteiger partial charge in [-0.3, -0.25) is 14.4 Å². The van der Waals surface area contributed by atoms with Crippen LogP contribution in [0.3, 0.4) is 0 Å². The summed E-state index contributed by atoms with van der Waals surface area (Å²) in [6, 6.07) is 4.58. The normalized spacial score (nSPS) is 14.2. The summed E-state index contributed by atoms with van der Waals surface area (Å²) in [4.78, 5) is 36.2. The van der Waals surface area contributed by atoms with Crippen molar-refractivity contribution in [3.05, 3.63) is 24.3 Å². The lowest BCUT2D eigenvalue weighted by Gasteiger charge is -2.19. The van der Waals surface area contributed by atoms with Gasteiger partial charge in [0.25, 0.3) is 5.91 Å². The molecule has 11 heteroatoms. The van der Waals surface area contributed by atoms with Crippen molar-refractivity contribution in [2.45, 2.75) is 19.2 Å². The van der Waals surface area contributed by atoms with E-state index in [-0.39, 0.29) is 36.7 Å². The first-order valence-corrected chi connectivity index (χ1v) is 7.40. The Morgan fingerprint density at radius 3 is 2.46 bits per heavy atom. The molecule has 1 aliphatic rings. The predicted octanol–water partition coefficient (Wildman–Crippen LogP) is 1.25. The van der Waals surface area contributed by atoms with E-state index in [1.165, 1.54) is 19.2 Å². The molecule has 1 aromatic rings. The third-order valence-corrected chi connectivity index (χ3v) is 3.25. The maximum Gasteiger partial charge on any atom is 0.573 e. The fourth-order valence-electron chi connectivity index (χ4n) is 2.08. The van der Waals surface area contributed by atoms with Gasteiger partial charge in [0.2, 0.25) is 11.8 Å². The van der Waals surface area contributed by atoms with Crippen LogP contribution in [0.25, 0.3) is 0 Å². The minimum Gasteiger partial charge on any atom is -0.406 e. The van der Waals surface area contributed by atoms with Crippen molar-refractivity contribution < 1.29 is 32.3 Å². The van der Waals surface area contributed by atoms with Crippen molar-refractivity contribution in [3.63, 3.8) is 0 Å². The van der Waals surface area contributed by atoms with Crippen LogP contribution in [0.15, 0.2) is 29.4 Å². The van der Waals surface area contributed by atoms with Crippen molar-refractivity contribution in [2.75, 3.05) is 18.9 Å². The molecule has 8 nitrogen and oxygen atoms in total. The smallest absolute Gasteiger partial charge is 0.406 e. The number of carbonyl (C=O) groups is 3. The highest BCUT2D eigenvalue weighted by Crippen LogP contribution is 2.23. The van der Waals surface area contributed by atoms with Crippen LogP contribution in [0.2, 0.25) is 0 Å². The number of hydrogen-bond acceptors (Lipinski definition) is 5. The van der Waals surface area contributed by atoms with Crippen molar-refractivity contribution in [2.24, 2.45) is 5.10 Å². The zero-order valence-electron chi connectivity index (χ0n) is 13.6. The summed E-state index contributed by atoms with van der Waals surface area (Å²) in [5, 5.41) is 6.10. The molecule has 0 atom stereocenters. The van der Waals surface area contributed by atoms with Crippen LogP contribution < -0.4 is 15.5 Å². The lowest BCUT2D eigenvalue weighted by atomic mass is 10.1. The largest absolute Gasteiger partial charge is 0.573 e. The highest BCUT2D eigenvalue weighted by molar-refractivity contribution is 6.39. The Balaban J connectivity index is 1.87. The maximum absolute atomic E-state index is 12.1. The topological polar surface area (TPSA) is 100 Å². The number of anilines is 1. The second-order valence-electron chi connectivity index (χ2n) is 5.38. The third-order valence-electron chi connectivity index (χ3n) is 3.25. The molecule has 1 aliphatic heterocycles. The van der Waals surface area contributed by atoms with Crippen LogP contribution in [0.1, 0.15) is 12.8 Å². The molecule has 0 spiro atoms. The van der Waals surface area contributed by atoms with Crippen molar-refractivity contribution in [3.8, 4) is 5.75 Å². The molecule has 0 aliphatic carbocycles. The first-order chi connectivity index (χ1) is 12.1. The lowest BCUT2D eigenvalue weighted by molar-refractivity contribution is -0.274. The van der Waals surface area contributed by atoms with Gasteiger partial charge in [-0.15, -0.1) is 13.2 Å². The van der Waals surface area contributed by atoms with Crippen molar-refractivity contribution in [1.82, 2.24) is 10.3 Å². The number of rotatable bonds is 5. The second-order valence-corrected chi connectivity index (χ2v) is 5.38. The summed E-state index contributed by atoms with van der Waals surface area (Å²) in [6.45, 7) is -0.299. The van der Waals surface area contributed by atoms with E-state index in [2.05, 4.69) is 20.6 Å². The van der Waals surface area contributed by atoms with E-state index in [1.54, 1.807) is 0 Å². The number of ether oxygens (including phenoxy) is 1. The zero-order chi connectivity index (χ0) is 19.3. The Bertz CT molecular complexity index is 731. The Kier molecular flexibility index (Phi) is 5.80. The molecule has 0 saturated heterocycles. The molecule has 26 heavy (non-hydrogen) atoms. The third kappa shape index (κ3) is 5.76. The molecule has 2 N–H and O–H groups in total. The van der Waals surface area contributed by atoms with E-state index in [0.717, 1.165) is 17.0 Å². The molecule has 1 heterocycles. The van der Waals surface area contributed by atoms with Gasteiger partial charge in [-0.2, -0.15) is 5.10 Å². The van der Waals surface area contributed by atoms with Crippen molar-refractivity contribution >= 4 is 29.1 Å². The molecule has 0 unspecified atom stereocenters. The van der Waals surface area contributed by atoms with E-state index in [4.69, 9.17) is 0 Å². The summed E-state index contributed by atoms with van der Waals surface area (Å²) >= 11 is 0. The molecular weight excluding hydrogens is 357 g/mol. The molecule has 0 fully saturated rings. The fourth-order valence-corrected chi connectivity index (χ4v) is 2.08. The molecular formula is C15H15F3N4O4. The SMILES string of the molecule is CN(CC(=O)Nc1ccc(OC(F)(F)F)cc1)C(=O)C1=NNC(=O)CC1. The minimum atomic E-state index is -4.80. The zero-order valence-corrected chi connectivity index (χ0v) is 13.6. The lowest BCUT2D eigenvalue weighted by Crippen LogP contribution is -2.41. The number of likely N-dealkylation sites (N-methyl/N-ethyl adjacent to an activating group) is 1. The average Bonchev–Trinajstić information content (AvgIpc) is 2.55. The second kappa shape index (κ2) is 7.85. The fraction of sp³-hybridized carbons (Fsp3) is 0.333. The number of nitrogens with one attached hydrogen (secondary N) is 2. The Morgan fingerprint density at radius 1 is 1.27 bits per heavy atom. The number of halogens is 3. The number of hydrazone groups is 1. The van der Waals surface area contributed by atoms with E-state index in [9.17, 15) is 27.6 Å². The van der Waals surface area contributed by atoms with Crippen LogP contribution >= 0.6 is 0 Å². The maximum atomic E-state index is 12.1. The van der Waals surface area contributed by atoms with Crippen LogP contribution in [-0.2, 0) is 14.4 Å². The summed E-state index contributed by atoms with van der Waals surface area (Å²) in [5.74, 6) is -1.76. The molecule has 0 saturated carbocycles. The van der Waals surface area contributed by atoms with Crippen LogP contribution in [0.4, 0.5) is 18.9 Å². The molecule has 3 amide bonds. The number of nitrogens with zero attached hydrogens (tertiary/aromatic N) is 2. The Hall–Kier alpha value is -3.11. The van der Waals surface area contributed by atoms with Gasteiger partial charge in [-0.1, -0.05) is 0 Å². The van der Waals surface area contributed by atoms with Gasteiger partial charge in [-0.25, -0.2) is 5.43 Å². The first kappa shape index (κ1) is 19.2. The number of hydrogen-bond donors (Lipinski definition) is 2. The molecule has 140 valence electrons. The molecule has 1 aromatic carbocycles. The van der Waals surface area contributed by atoms with Crippen LogP contribution in [0, 0.1) is 0 Å². The minimum absolute atomic E-state index is 0.133. The standard InChI is InChI=1S/C15H15F3N4O4/c1-22(14(25)11-6-7-12(23)21-20-11)8-13(24)19-9-2-4-10(5-3-9)26-15(16,17)18/h2-5H,6-8H2,1H3,(H,19,24)(H,21,23). The summed E-state index contributed by atoms with van der Waals surface area (Å²) in [5.41, 5.74) is 2.57. The number of alkyl halides is 3. The summed E-state index contributed by atoms with van der Waals surface area (Å²) < 4.78 is 40.0. The van der Waals surface area contributed by atoms with Gasteiger partial charge in [0, 0.05) is 25.6 Å². The van der Waals surface area contributed by atoms with E-state index < -0.39 is 23.9 Å². The van der Waals surface area contributed by atoms with E-state index in [0.29, 0.717) is 0 Å². The molecule has 2 rings (SSSR count). The summed E-state index contributed by atoms with van der Waals surface area (Å²) in [7, 11) is 1.39. The summed E-state index contributed by atoms with van der Waals surface area (Å²) in [6.07, 6.45) is -4.48. The molecule has 0 radical (unpaired) electrons. The number of amides is 3. The van der Waals surface area contributed by atoms with Gasteiger partial charge >= 0.3 is 6.36 Å². The van der Waals surface area contributed by atoms with E-state index >= 15 is 0 Å². The van der Waals surface area contributed by atoms with Gasteiger partial charge in [0.1, 0.15) is 11.5 Å². The van der Waals surface area contributed by atoms with Crippen molar-refractivity contribution in [1.29, 1.82) is 0 Å². The molecule has 0 bridgehead atoms. The van der Waals surface area contributed by atoms with Gasteiger partial charge < -0.3 is 15.0 Å². The van der Waals surface area contributed by atoms with Gasteiger partial charge in [0.05, 0.1) is 6.54 Å².